The Morgan fingerprint density at radius 3 is 2.52 bits per heavy atom. The number of likely N-dealkylation sites (tertiary alicyclic amines) is 1. The highest BCUT2D eigenvalue weighted by atomic mass is 35.5. The summed E-state index contributed by atoms with van der Waals surface area (Å²) in [5.74, 6) is 0.602. The van der Waals surface area contributed by atoms with E-state index in [4.69, 9.17) is 23.2 Å². The van der Waals surface area contributed by atoms with E-state index < -0.39 is 0 Å². The first-order valence-electron chi connectivity index (χ1n) is 7.23. The molecule has 1 saturated carbocycles. The van der Waals surface area contributed by atoms with Crippen LogP contribution in [0.25, 0.3) is 0 Å². The number of carbonyl (C=O) groups excluding carboxylic acids is 2. The van der Waals surface area contributed by atoms with Gasteiger partial charge in [-0.25, -0.2) is 0 Å². The second-order valence-corrected chi connectivity index (χ2v) is 6.93. The summed E-state index contributed by atoms with van der Waals surface area (Å²) < 4.78 is 0. The van der Waals surface area contributed by atoms with Crippen molar-refractivity contribution in [2.24, 2.45) is 11.8 Å². The fourth-order valence-electron chi connectivity index (χ4n) is 3.08. The molecular formula is C16H17Cl2NO2. The Bertz CT molecular complexity index is 582. The topological polar surface area (TPSA) is 37.4 Å². The summed E-state index contributed by atoms with van der Waals surface area (Å²) in [5.41, 5.74) is 1.03. The molecule has 3 rings (SSSR count). The average molecular weight is 326 g/mol. The Morgan fingerprint density at radius 1 is 1.24 bits per heavy atom. The first-order chi connectivity index (χ1) is 9.95. The summed E-state index contributed by atoms with van der Waals surface area (Å²) in [6.45, 7) is 3.00. The number of piperidine rings is 1. The molecule has 112 valence electrons. The van der Waals surface area contributed by atoms with Crippen LogP contribution in [0.4, 0.5) is 0 Å². The van der Waals surface area contributed by atoms with Crippen molar-refractivity contribution in [3.05, 3.63) is 33.8 Å². The monoisotopic (exact) mass is 325 g/mol. The van der Waals surface area contributed by atoms with Gasteiger partial charge in [0.25, 0.3) is 0 Å². The van der Waals surface area contributed by atoms with Crippen LogP contribution in [0.1, 0.15) is 31.2 Å². The first-order valence-corrected chi connectivity index (χ1v) is 7.99. The minimum Gasteiger partial charge on any atom is -0.341 e. The van der Waals surface area contributed by atoms with Gasteiger partial charge in [-0.05, 0) is 36.1 Å². The maximum atomic E-state index is 12.5. The van der Waals surface area contributed by atoms with Crippen LogP contribution in [0.5, 0.6) is 0 Å². The SMILES string of the molecule is C[C@@H]1CN(C(=O)[C@@H]2C[C@@H]2c2cc(Cl)cc(Cl)c2)CCC1=O. The second kappa shape index (κ2) is 5.62. The molecule has 0 N–H and O–H groups in total. The molecule has 1 saturated heterocycles. The highest BCUT2D eigenvalue weighted by molar-refractivity contribution is 6.34. The first kappa shape index (κ1) is 14.9. The van der Waals surface area contributed by atoms with Crippen molar-refractivity contribution >= 4 is 34.9 Å². The maximum absolute atomic E-state index is 12.5. The fraction of sp³-hybridized carbons (Fsp3) is 0.500. The molecule has 1 aliphatic carbocycles. The minimum absolute atomic E-state index is 0.0138. The van der Waals surface area contributed by atoms with Crippen LogP contribution in [0, 0.1) is 11.8 Å². The molecule has 1 aromatic rings. The number of carbonyl (C=O) groups is 2. The summed E-state index contributed by atoms with van der Waals surface area (Å²) in [6, 6.07) is 5.46. The number of amides is 1. The van der Waals surface area contributed by atoms with Gasteiger partial charge in [-0.3, -0.25) is 9.59 Å². The number of rotatable bonds is 2. The number of benzene rings is 1. The molecular weight excluding hydrogens is 309 g/mol. The molecule has 1 aliphatic heterocycles. The lowest BCUT2D eigenvalue weighted by atomic mass is 9.98. The van der Waals surface area contributed by atoms with Crippen LogP contribution in [-0.4, -0.2) is 29.7 Å². The predicted octanol–water partition coefficient (Wildman–Crippen LogP) is 3.53. The third-order valence-corrected chi connectivity index (χ3v) is 4.84. The number of halogens is 2. The lowest BCUT2D eigenvalue weighted by molar-refractivity contribution is -0.138. The van der Waals surface area contributed by atoms with Gasteiger partial charge in [-0.15, -0.1) is 0 Å². The van der Waals surface area contributed by atoms with Crippen molar-refractivity contribution in [3.8, 4) is 0 Å². The van der Waals surface area contributed by atoms with E-state index in [1.165, 1.54) is 0 Å². The van der Waals surface area contributed by atoms with E-state index in [0.717, 1.165) is 12.0 Å². The number of ketones is 1. The molecule has 0 bridgehead atoms. The van der Waals surface area contributed by atoms with E-state index >= 15 is 0 Å². The molecule has 21 heavy (non-hydrogen) atoms. The van der Waals surface area contributed by atoms with Gasteiger partial charge >= 0.3 is 0 Å². The van der Waals surface area contributed by atoms with Crippen LogP contribution in [0.2, 0.25) is 10.0 Å². The standard InChI is InChI=1S/C16H17Cl2NO2/c1-9-8-19(3-2-15(9)20)16(21)14-7-13(14)10-4-11(17)6-12(18)5-10/h4-6,9,13-14H,2-3,7-8H2,1H3/t9-,13-,14-/m1/s1. The van der Waals surface area contributed by atoms with Gasteiger partial charge in [0.2, 0.25) is 5.91 Å². The molecule has 0 aromatic heterocycles. The summed E-state index contributed by atoms with van der Waals surface area (Å²) in [6.07, 6.45) is 1.32. The quantitative estimate of drug-likeness (QED) is 0.834. The fourth-order valence-corrected chi connectivity index (χ4v) is 3.62. The Balaban J connectivity index is 1.67. The Kier molecular flexibility index (Phi) is 3.98. The van der Waals surface area contributed by atoms with Gasteiger partial charge in [-0.2, -0.15) is 0 Å². The second-order valence-electron chi connectivity index (χ2n) is 6.05. The van der Waals surface area contributed by atoms with E-state index in [1.807, 2.05) is 24.0 Å². The zero-order valence-electron chi connectivity index (χ0n) is 11.8. The molecule has 1 amide bonds. The van der Waals surface area contributed by atoms with Crippen LogP contribution in [0.15, 0.2) is 18.2 Å². The maximum Gasteiger partial charge on any atom is 0.226 e. The predicted molar refractivity (Wildman–Crippen MR) is 82.7 cm³/mol. The van der Waals surface area contributed by atoms with E-state index in [0.29, 0.717) is 29.6 Å². The normalized spacial score (nSPS) is 28.6. The number of hydrogen-bond acceptors (Lipinski definition) is 2. The van der Waals surface area contributed by atoms with Gasteiger partial charge in [0.05, 0.1) is 0 Å². The summed E-state index contributed by atoms with van der Waals surface area (Å²) >= 11 is 12.0. The van der Waals surface area contributed by atoms with Crippen LogP contribution in [0.3, 0.4) is 0 Å². The molecule has 5 heteroatoms. The van der Waals surface area contributed by atoms with Crippen molar-refractivity contribution in [3.63, 3.8) is 0 Å². The third kappa shape index (κ3) is 3.09. The molecule has 0 spiro atoms. The molecule has 2 fully saturated rings. The summed E-state index contributed by atoms with van der Waals surface area (Å²) in [7, 11) is 0. The lowest BCUT2D eigenvalue weighted by Gasteiger charge is -2.30. The van der Waals surface area contributed by atoms with Crippen molar-refractivity contribution < 1.29 is 9.59 Å². The molecule has 2 aliphatic rings. The molecule has 1 heterocycles. The van der Waals surface area contributed by atoms with Gasteiger partial charge in [0, 0.05) is 41.4 Å². The van der Waals surface area contributed by atoms with E-state index in [1.54, 1.807) is 6.07 Å². The summed E-state index contributed by atoms with van der Waals surface area (Å²) in [5, 5.41) is 1.21. The van der Waals surface area contributed by atoms with Crippen molar-refractivity contribution in [1.82, 2.24) is 4.90 Å². The highest BCUT2D eigenvalue weighted by Gasteiger charge is 2.46. The molecule has 1 aromatic carbocycles. The Morgan fingerprint density at radius 2 is 1.90 bits per heavy atom. The lowest BCUT2D eigenvalue weighted by Crippen LogP contribution is -2.44. The minimum atomic E-state index is -0.0412. The van der Waals surface area contributed by atoms with Gasteiger partial charge in [0.15, 0.2) is 0 Å². The van der Waals surface area contributed by atoms with Crippen LogP contribution >= 0.6 is 23.2 Å². The zero-order valence-corrected chi connectivity index (χ0v) is 13.3. The van der Waals surface area contributed by atoms with Gasteiger partial charge in [-0.1, -0.05) is 30.1 Å². The third-order valence-electron chi connectivity index (χ3n) is 4.40. The highest BCUT2D eigenvalue weighted by Crippen LogP contribution is 2.49. The van der Waals surface area contributed by atoms with Crippen molar-refractivity contribution in [1.29, 1.82) is 0 Å². The summed E-state index contributed by atoms with van der Waals surface area (Å²) in [4.78, 5) is 25.9. The number of Topliss-reactive ketones (excluding diaryl/α,β-unsaturated/α-hetero) is 1. The Labute approximate surface area is 134 Å². The molecule has 0 radical (unpaired) electrons. The van der Waals surface area contributed by atoms with Gasteiger partial charge < -0.3 is 4.90 Å². The van der Waals surface area contributed by atoms with Gasteiger partial charge in [0.1, 0.15) is 5.78 Å². The largest absolute Gasteiger partial charge is 0.341 e. The van der Waals surface area contributed by atoms with E-state index in [-0.39, 0.29) is 29.4 Å². The van der Waals surface area contributed by atoms with Crippen LogP contribution < -0.4 is 0 Å². The van der Waals surface area contributed by atoms with Crippen molar-refractivity contribution in [2.45, 2.75) is 25.7 Å². The smallest absolute Gasteiger partial charge is 0.226 e. The Hall–Kier alpha value is -1.06. The number of hydrogen-bond donors (Lipinski definition) is 0. The van der Waals surface area contributed by atoms with E-state index in [9.17, 15) is 9.59 Å². The zero-order chi connectivity index (χ0) is 15.1. The van der Waals surface area contributed by atoms with E-state index in [2.05, 4.69) is 0 Å². The van der Waals surface area contributed by atoms with Crippen molar-refractivity contribution in [2.75, 3.05) is 13.1 Å². The van der Waals surface area contributed by atoms with Crippen LogP contribution in [-0.2, 0) is 9.59 Å². The molecule has 0 unspecified atom stereocenters. The number of nitrogens with zero attached hydrogens (tertiary/aromatic N) is 1. The molecule has 3 atom stereocenters. The molecule has 3 nitrogen and oxygen atoms in total. The average Bonchev–Trinajstić information content (AvgIpc) is 3.20.